The monoisotopic (exact) mass is 460 g/mol. The summed E-state index contributed by atoms with van der Waals surface area (Å²) in [7, 11) is 0. The molecule has 3 aromatic heterocycles. The molecule has 3 heterocycles. The van der Waals surface area contributed by atoms with Crippen LogP contribution in [0.5, 0.6) is 0 Å². The van der Waals surface area contributed by atoms with Gasteiger partial charge in [0.15, 0.2) is 5.16 Å². The quantitative estimate of drug-likeness (QED) is 0.310. The largest absolute Gasteiger partial charge is 0.390 e. The van der Waals surface area contributed by atoms with Gasteiger partial charge in [-0.15, -0.1) is 21.5 Å². The molecule has 5 nitrogen and oxygen atoms in total. The number of nitrogens with zero attached hydrogens (tertiary/aromatic N) is 4. The molecule has 162 valence electrons. The van der Waals surface area contributed by atoms with Crippen molar-refractivity contribution in [2.75, 3.05) is 5.75 Å². The van der Waals surface area contributed by atoms with Gasteiger partial charge in [0, 0.05) is 44.9 Å². The van der Waals surface area contributed by atoms with E-state index >= 15 is 0 Å². The summed E-state index contributed by atoms with van der Waals surface area (Å²) in [5.41, 5.74) is 2.33. The second-order valence-corrected chi connectivity index (χ2v) is 10.4. The van der Waals surface area contributed by atoms with Gasteiger partial charge in [-0.25, -0.2) is 0 Å². The van der Waals surface area contributed by atoms with Gasteiger partial charge in [0.2, 0.25) is 0 Å². The number of aliphatic hydroxyl groups excluding tert-OH is 1. The first kappa shape index (κ1) is 20.0. The zero-order chi connectivity index (χ0) is 21.5. The van der Waals surface area contributed by atoms with Gasteiger partial charge in [0.25, 0.3) is 0 Å². The minimum absolute atomic E-state index is 0.482. The molecule has 0 amide bonds. The van der Waals surface area contributed by atoms with E-state index < -0.39 is 6.10 Å². The Morgan fingerprint density at radius 3 is 2.34 bits per heavy atom. The highest BCUT2D eigenvalue weighted by Crippen LogP contribution is 2.39. The van der Waals surface area contributed by atoms with E-state index in [0.29, 0.717) is 18.3 Å². The lowest BCUT2D eigenvalue weighted by Gasteiger charge is -2.14. The second kappa shape index (κ2) is 8.39. The van der Waals surface area contributed by atoms with E-state index in [1.54, 1.807) is 23.1 Å². The second-order valence-electron chi connectivity index (χ2n) is 8.37. The molecule has 1 aliphatic rings. The number of aromatic nitrogens is 4. The van der Waals surface area contributed by atoms with Gasteiger partial charge in [-0.2, -0.15) is 0 Å². The summed E-state index contributed by atoms with van der Waals surface area (Å²) in [4.78, 5) is 1.31. The van der Waals surface area contributed by atoms with Crippen LogP contribution in [0, 0.1) is 0 Å². The van der Waals surface area contributed by atoms with E-state index in [2.05, 4.69) is 85.4 Å². The topological polar surface area (TPSA) is 55.9 Å². The fourth-order valence-electron chi connectivity index (χ4n) is 4.43. The van der Waals surface area contributed by atoms with Crippen LogP contribution in [-0.4, -0.2) is 36.3 Å². The summed E-state index contributed by atoms with van der Waals surface area (Å²) < 4.78 is 4.54. The molecule has 6 rings (SSSR count). The molecule has 1 fully saturated rings. The highest BCUT2D eigenvalue weighted by atomic mass is 32.2. The van der Waals surface area contributed by atoms with Gasteiger partial charge in [-0.1, -0.05) is 54.2 Å². The normalized spacial score (nSPS) is 15.0. The van der Waals surface area contributed by atoms with Crippen molar-refractivity contribution in [2.24, 2.45) is 0 Å². The zero-order valence-corrected chi connectivity index (χ0v) is 19.2. The van der Waals surface area contributed by atoms with Crippen LogP contribution in [0.2, 0.25) is 0 Å². The van der Waals surface area contributed by atoms with E-state index in [4.69, 9.17) is 0 Å². The minimum atomic E-state index is -0.482. The van der Waals surface area contributed by atoms with Crippen molar-refractivity contribution < 1.29 is 5.11 Å². The zero-order valence-electron chi connectivity index (χ0n) is 17.6. The number of rotatable bonds is 8. The van der Waals surface area contributed by atoms with E-state index in [9.17, 15) is 5.11 Å². The Bertz CT molecular complexity index is 1310. The van der Waals surface area contributed by atoms with E-state index in [1.807, 2.05) is 0 Å². The fraction of sp³-hybridized carbons (Fsp3) is 0.280. The molecule has 0 spiro atoms. The fourth-order valence-corrected chi connectivity index (χ4v) is 6.07. The Balaban J connectivity index is 1.21. The van der Waals surface area contributed by atoms with Crippen molar-refractivity contribution in [1.82, 2.24) is 19.3 Å². The molecule has 32 heavy (non-hydrogen) atoms. The summed E-state index contributed by atoms with van der Waals surface area (Å²) in [6.45, 7) is 0.556. The Morgan fingerprint density at radius 2 is 1.69 bits per heavy atom. The van der Waals surface area contributed by atoms with Gasteiger partial charge in [0.1, 0.15) is 5.82 Å². The van der Waals surface area contributed by atoms with Crippen LogP contribution in [0.1, 0.15) is 29.6 Å². The molecular formula is C25H24N4OS2. The van der Waals surface area contributed by atoms with Crippen LogP contribution in [-0.2, 0) is 13.0 Å². The van der Waals surface area contributed by atoms with Crippen LogP contribution < -0.4 is 0 Å². The molecule has 0 bridgehead atoms. The van der Waals surface area contributed by atoms with Crippen LogP contribution in [0.25, 0.3) is 21.8 Å². The van der Waals surface area contributed by atoms with E-state index in [1.165, 1.54) is 28.5 Å². The Kier molecular flexibility index (Phi) is 5.25. The maximum atomic E-state index is 11.0. The van der Waals surface area contributed by atoms with Crippen molar-refractivity contribution in [3.05, 3.63) is 76.7 Å². The number of aliphatic hydroxyl groups is 1. The summed E-state index contributed by atoms with van der Waals surface area (Å²) in [5, 5.41) is 25.5. The summed E-state index contributed by atoms with van der Waals surface area (Å²) in [5.74, 6) is 1.62. The van der Waals surface area contributed by atoms with Crippen molar-refractivity contribution in [2.45, 2.75) is 43.1 Å². The van der Waals surface area contributed by atoms with Gasteiger partial charge >= 0.3 is 0 Å². The first-order valence-electron chi connectivity index (χ1n) is 11.0. The van der Waals surface area contributed by atoms with Crippen LogP contribution in [0.15, 0.2) is 71.2 Å². The summed E-state index contributed by atoms with van der Waals surface area (Å²) >= 11 is 3.38. The first-order valence-corrected chi connectivity index (χ1v) is 12.9. The van der Waals surface area contributed by atoms with Crippen molar-refractivity contribution in [3.63, 3.8) is 0 Å². The van der Waals surface area contributed by atoms with E-state index in [0.717, 1.165) is 28.4 Å². The lowest BCUT2D eigenvalue weighted by atomic mass is 10.2. The average Bonchev–Trinajstić information content (AvgIpc) is 3.24. The van der Waals surface area contributed by atoms with Gasteiger partial charge < -0.3 is 14.2 Å². The molecular weight excluding hydrogens is 436 g/mol. The molecule has 7 heteroatoms. The average molecular weight is 461 g/mol. The van der Waals surface area contributed by atoms with Crippen LogP contribution in [0.3, 0.4) is 0 Å². The molecule has 1 atom stereocenters. The third-order valence-corrected chi connectivity index (χ3v) is 8.00. The number of thioether (sulfide) groups is 1. The smallest absolute Gasteiger partial charge is 0.191 e. The Morgan fingerprint density at radius 1 is 0.969 bits per heavy atom. The lowest BCUT2D eigenvalue weighted by Crippen LogP contribution is -2.18. The van der Waals surface area contributed by atoms with Crippen molar-refractivity contribution in [3.8, 4) is 0 Å². The van der Waals surface area contributed by atoms with Crippen LogP contribution >= 0.6 is 23.1 Å². The molecule has 2 aromatic carbocycles. The van der Waals surface area contributed by atoms with E-state index in [-0.39, 0.29) is 0 Å². The molecule has 0 radical (unpaired) electrons. The summed E-state index contributed by atoms with van der Waals surface area (Å²) in [6, 6.07) is 21.6. The van der Waals surface area contributed by atoms with Gasteiger partial charge in [-0.05, 0) is 36.4 Å². The number of benzene rings is 2. The molecule has 1 saturated carbocycles. The van der Waals surface area contributed by atoms with Crippen LogP contribution in [0.4, 0.5) is 0 Å². The van der Waals surface area contributed by atoms with Gasteiger partial charge in [-0.3, -0.25) is 0 Å². The van der Waals surface area contributed by atoms with Crippen molar-refractivity contribution in [1.29, 1.82) is 0 Å². The third-order valence-electron chi connectivity index (χ3n) is 6.04. The predicted molar refractivity (Wildman–Crippen MR) is 132 cm³/mol. The minimum Gasteiger partial charge on any atom is -0.390 e. The molecule has 0 unspecified atom stereocenters. The molecule has 5 aromatic rings. The maximum absolute atomic E-state index is 11.0. The molecule has 1 N–H and O–H groups in total. The Hall–Kier alpha value is -2.61. The standard InChI is InChI=1S/C25H24N4OS2/c30-18(15-28-22-9-3-1-7-20(22)21-8-2-4-10-23(21)28)16-32-25-27-26-24(29(25)17-11-12-17)14-19-6-5-13-31-19/h1-10,13,17-18,30H,11-12,14-16H2/t18-/m1/s1. The number of hydrogen-bond donors (Lipinski definition) is 1. The number of para-hydroxylation sites is 2. The SMILES string of the molecule is O[C@@H](CSc1nnc(Cc2cccs2)n1C1CC1)Cn1c2ccccc2c2ccccc21. The highest BCUT2D eigenvalue weighted by Gasteiger charge is 2.30. The molecule has 1 aliphatic carbocycles. The highest BCUT2D eigenvalue weighted by molar-refractivity contribution is 7.99. The predicted octanol–water partition coefficient (Wildman–Crippen LogP) is 5.53. The Labute approximate surface area is 194 Å². The summed E-state index contributed by atoms with van der Waals surface area (Å²) in [6.07, 6.45) is 2.72. The van der Waals surface area contributed by atoms with Crippen molar-refractivity contribution >= 4 is 44.9 Å². The number of thiophene rings is 1. The number of hydrogen-bond acceptors (Lipinski definition) is 5. The first-order chi connectivity index (χ1) is 15.8. The van der Waals surface area contributed by atoms with Gasteiger partial charge in [0.05, 0.1) is 12.6 Å². The lowest BCUT2D eigenvalue weighted by molar-refractivity contribution is 0.181. The maximum Gasteiger partial charge on any atom is 0.191 e. The molecule has 0 aliphatic heterocycles. The molecule has 0 saturated heterocycles. The number of fused-ring (bicyclic) bond motifs is 3. The third kappa shape index (κ3) is 3.74.